The topological polar surface area (TPSA) is 165 Å². The summed E-state index contributed by atoms with van der Waals surface area (Å²) in [5.74, 6) is -0.670. The molecule has 292 valence electrons. The van der Waals surface area contributed by atoms with E-state index in [2.05, 4.69) is 10.6 Å². The van der Waals surface area contributed by atoms with Gasteiger partial charge in [-0.15, -0.1) is 0 Å². The van der Waals surface area contributed by atoms with Crippen LogP contribution in [0.25, 0.3) is 0 Å². The van der Waals surface area contributed by atoms with Gasteiger partial charge in [0.2, 0.25) is 11.8 Å². The molecular formula is C43H46N3O9P. The lowest BCUT2D eigenvalue weighted by Gasteiger charge is -2.21. The van der Waals surface area contributed by atoms with Crippen molar-refractivity contribution in [3.63, 3.8) is 0 Å². The highest BCUT2D eigenvalue weighted by Crippen LogP contribution is 2.51. The number of nitrogens with two attached hydrogens (primary N) is 1. The van der Waals surface area contributed by atoms with Gasteiger partial charge >= 0.3 is 13.8 Å². The Morgan fingerprint density at radius 3 is 1.66 bits per heavy atom. The van der Waals surface area contributed by atoms with Gasteiger partial charge in [0.25, 0.3) is 0 Å². The average Bonchev–Trinajstić information content (AvgIpc) is 3.24. The van der Waals surface area contributed by atoms with Gasteiger partial charge in [0, 0.05) is 13.0 Å². The van der Waals surface area contributed by atoms with E-state index in [4.69, 9.17) is 28.8 Å². The molecule has 0 radical (unpaired) electrons. The molecule has 56 heavy (non-hydrogen) atoms. The van der Waals surface area contributed by atoms with Crippen LogP contribution in [0.1, 0.15) is 40.7 Å². The largest absolute Gasteiger partial charge is 0.530 e. The molecule has 0 heterocycles. The van der Waals surface area contributed by atoms with Crippen LogP contribution in [-0.4, -0.2) is 37.0 Å². The van der Waals surface area contributed by atoms with E-state index < -0.39 is 37.7 Å². The number of carbonyl (C=O) groups is 3. The van der Waals surface area contributed by atoms with Crippen LogP contribution in [0.2, 0.25) is 0 Å². The summed E-state index contributed by atoms with van der Waals surface area (Å²) >= 11 is 0. The third-order valence-corrected chi connectivity index (χ3v) is 9.86. The van der Waals surface area contributed by atoms with Crippen molar-refractivity contribution in [2.45, 2.75) is 57.7 Å². The SMILES string of the molecule is COc1ccc(CNC(=O)[C@H](CCC(=O)OCc2ccccc2)NC(=O)[C@@H](N)Cc2ccc(OP(=O)(OCc3ccccc3)OCc3ccccc3)cc2)cc1. The molecule has 0 spiro atoms. The zero-order chi connectivity index (χ0) is 39.6. The third kappa shape index (κ3) is 13.8. The number of phosphoric acid groups is 1. The Labute approximate surface area is 326 Å². The molecule has 0 unspecified atom stereocenters. The molecule has 4 N–H and O–H groups in total. The van der Waals surface area contributed by atoms with Gasteiger partial charge in [-0.3, -0.25) is 23.4 Å². The first-order chi connectivity index (χ1) is 27.2. The number of hydrogen-bond acceptors (Lipinski definition) is 10. The molecular weight excluding hydrogens is 733 g/mol. The van der Waals surface area contributed by atoms with Gasteiger partial charge in [-0.1, -0.05) is 115 Å². The summed E-state index contributed by atoms with van der Waals surface area (Å²) in [7, 11) is -2.52. The maximum atomic E-state index is 13.8. The van der Waals surface area contributed by atoms with Gasteiger partial charge in [-0.2, -0.15) is 0 Å². The van der Waals surface area contributed by atoms with E-state index in [0.717, 1.165) is 22.3 Å². The lowest BCUT2D eigenvalue weighted by molar-refractivity contribution is -0.145. The Bertz CT molecular complexity index is 1970. The number of benzene rings is 5. The lowest BCUT2D eigenvalue weighted by atomic mass is 10.0. The van der Waals surface area contributed by atoms with Crippen molar-refractivity contribution in [1.82, 2.24) is 10.6 Å². The minimum Gasteiger partial charge on any atom is -0.497 e. The van der Waals surface area contributed by atoms with Crippen molar-refractivity contribution >= 4 is 25.6 Å². The first kappa shape index (κ1) is 41.4. The number of methoxy groups -OCH3 is 1. The van der Waals surface area contributed by atoms with Crippen molar-refractivity contribution in [3.05, 3.63) is 167 Å². The molecule has 0 saturated heterocycles. The van der Waals surface area contributed by atoms with Crippen LogP contribution in [0.4, 0.5) is 0 Å². The third-order valence-electron chi connectivity index (χ3n) is 8.54. The average molecular weight is 780 g/mol. The van der Waals surface area contributed by atoms with Gasteiger partial charge in [0.15, 0.2) is 0 Å². The van der Waals surface area contributed by atoms with Crippen LogP contribution in [0.15, 0.2) is 140 Å². The predicted molar refractivity (Wildman–Crippen MR) is 211 cm³/mol. The summed E-state index contributed by atoms with van der Waals surface area (Å²) in [6, 6.07) is 39.4. The summed E-state index contributed by atoms with van der Waals surface area (Å²) in [5.41, 5.74) is 10.2. The second-order valence-corrected chi connectivity index (χ2v) is 14.4. The summed E-state index contributed by atoms with van der Waals surface area (Å²) < 4.78 is 41.6. The van der Waals surface area contributed by atoms with Crippen LogP contribution in [-0.2, 0) is 65.5 Å². The van der Waals surface area contributed by atoms with E-state index >= 15 is 0 Å². The first-order valence-corrected chi connectivity index (χ1v) is 19.6. The minimum absolute atomic E-state index is 0.00429. The first-order valence-electron chi connectivity index (χ1n) is 18.1. The van der Waals surface area contributed by atoms with Gasteiger partial charge in [0.05, 0.1) is 26.4 Å². The lowest BCUT2D eigenvalue weighted by Crippen LogP contribution is -2.52. The number of amides is 2. The summed E-state index contributed by atoms with van der Waals surface area (Å²) in [4.78, 5) is 39.3. The fourth-order valence-electron chi connectivity index (χ4n) is 5.38. The molecule has 0 aliphatic rings. The second kappa shape index (κ2) is 21.3. The molecule has 2 amide bonds. The Morgan fingerprint density at radius 1 is 0.625 bits per heavy atom. The van der Waals surface area contributed by atoms with Crippen LogP contribution in [0, 0.1) is 0 Å². The van der Waals surface area contributed by atoms with Crippen molar-refractivity contribution in [3.8, 4) is 11.5 Å². The number of nitrogens with one attached hydrogen (secondary N) is 2. The van der Waals surface area contributed by atoms with E-state index in [1.165, 1.54) is 0 Å². The summed E-state index contributed by atoms with van der Waals surface area (Å²) in [5, 5.41) is 5.55. The number of phosphoric ester groups is 1. The highest BCUT2D eigenvalue weighted by Gasteiger charge is 2.30. The summed E-state index contributed by atoms with van der Waals surface area (Å²) in [6.45, 7) is 0.290. The Kier molecular flexibility index (Phi) is 15.8. The smallest absolute Gasteiger partial charge is 0.497 e. The quantitative estimate of drug-likeness (QED) is 0.0533. The van der Waals surface area contributed by atoms with Crippen LogP contribution < -0.4 is 25.6 Å². The van der Waals surface area contributed by atoms with E-state index in [-0.39, 0.29) is 51.4 Å². The molecule has 12 nitrogen and oxygen atoms in total. The predicted octanol–water partition coefficient (Wildman–Crippen LogP) is 6.81. The van der Waals surface area contributed by atoms with Gasteiger partial charge < -0.3 is 30.4 Å². The Balaban J connectivity index is 1.18. The van der Waals surface area contributed by atoms with Crippen LogP contribution in [0.5, 0.6) is 11.5 Å². The molecule has 0 aliphatic carbocycles. The standard InChI is InChI=1S/C43H46N3O9P/c1-51-37-21-19-33(20-22-37)28-45-43(49)40(25-26-41(47)52-29-34-11-5-2-6-12-34)46-42(48)39(44)27-32-17-23-38(24-18-32)55-56(50,53-30-35-13-7-3-8-14-35)54-31-36-15-9-4-10-16-36/h2-24,39-40H,25-31,44H2,1H3,(H,45,49)(H,46,48)/t39-,40-/m0/s1. The van der Waals surface area contributed by atoms with Crippen molar-refractivity contribution < 1.29 is 42.0 Å². The number of rotatable bonds is 21. The van der Waals surface area contributed by atoms with E-state index in [0.29, 0.717) is 11.3 Å². The molecule has 2 atom stereocenters. The number of ether oxygens (including phenoxy) is 2. The van der Waals surface area contributed by atoms with Crippen molar-refractivity contribution in [1.29, 1.82) is 0 Å². The molecule has 0 aromatic heterocycles. The summed E-state index contributed by atoms with van der Waals surface area (Å²) in [6.07, 6.45) is -0.0121. The highest BCUT2D eigenvalue weighted by atomic mass is 31.2. The van der Waals surface area contributed by atoms with Gasteiger partial charge in [-0.25, -0.2) is 4.57 Å². The fourth-order valence-corrected chi connectivity index (χ4v) is 6.56. The second-order valence-electron chi connectivity index (χ2n) is 12.8. The molecule has 0 bridgehead atoms. The molecule has 0 aliphatic heterocycles. The normalized spacial score (nSPS) is 12.2. The van der Waals surface area contributed by atoms with E-state index in [1.807, 2.05) is 103 Å². The molecule has 5 rings (SSSR count). The number of carbonyl (C=O) groups excluding carboxylic acids is 3. The van der Waals surface area contributed by atoms with Crippen LogP contribution in [0.3, 0.4) is 0 Å². The van der Waals surface area contributed by atoms with Gasteiger partial charge in [0.1, 0.15) is 24.1 Å². The monoisotopic (exact) mass is 779 g/mol. The Hall–Kier alpha value is -5.78. The van der Waals surface area contributed by atoms with Crippen molar-refractivity contribution in [2.24, 2.45) is 5.73 Å². The zero-order valence-corrected chi connectivity index (χ0v) is 32.0. The molecule has 5 aromatic carbocycles. The molecule has 0 saturated carbocycles. The van der Waals surface area contributed by atoms with E-state index in [1.54, 1.807) is 43.5 Å². The maximum Gasteiger partial charge on any atom is 0.530 e. The van der Waals surface area contributed by atoms with E-state index in [9.17, 15) is 18.9 Å². The Morgan fingerprint density at radius 2 is 1.12 bits per heavy atom. The fraction of sp³-hybridized carbons (Fsp3) is 0.233. The number of esters is 1. The highest BCUT2D eigenvalue weighted by molar-refractivity contribution is 7.48. The molecule has 5 aromatic rings. The van der Waals surface area contributed by atoms with Gasteiger partial charge in [-0.05, 0) is 64.9 Å². The molecule has 0 fully saturated rings. The van der Waals surface area contributed by atoms with Crippen LogP contribution >= 0.6 is 7.82 Å². The van der Waals surface area contributed by atoms with Crippen molar-refractivity contribution in [2.75, 3.05) is 7.11 Å². The maximum absolute atomic E-state index is 13.8. The molecule has 13 heteroatoms. The number of hydrogen-bond donors (Lipinski definition) is 3. The minimum atomic E-state index is -4.08. The zero-order valence-electron chi connectivity index (χ0n) is 31.1.